The SMILES string of the molecule is O=C(CC(=O)C(F)(F)F)c1cc(C(F)(F)F)cc(C(F)(F)F)c1. The van der Waals surface area contributed by atoms with E-state index in [-0.39, 0.29) is 18.2 Å². The van der Waals surface area contributed by atoms with Crippen molar-refractivity contribution >= 4 is 11.6 Å². The molecule has 0 aromatic heterocycles. The highest BCUT2D eigenvalue weighted by Crippen LogP contribution is 2.36. The Morgan fingerprint density at radius 2 is 1.13 bits per heavy atom. The number of hydrogen-bond donors (Lipinski definition) is 0. The molecular formula is C12H5F9O2. The van der Waals surface area contributed by atoms with Crippen LogP contribution >= 0.6 is 0 Å². The fourth-order valence-corrected chi connectivity index (χ4v) is 1.46. The maximum atomic E-state index is 12.5. The van der Waals surface area contributed by atoms with Crippen LogP contribution in [0.3, 0.4) is 0 Å². The molecule has 0 aliphatic heterocycles. The lowest BCUT2D eigenvalue weighted by atomic mass is 9.99. The van der Waals surface area contributed by atoms with Crippen LogP contribution in [0.25, 0.3) is 0 Å². The van der Waals surface area contributed by atoms with Gasteiger partial charge < -0.3 is 0 Å². The Hall–Kier alpha value is -2.07. The van der Waals surface area contributed by atoms with Gasteiger partial charge in [0, 0.05) is 5.56 Å². The maximum absolute atomic E-state index is 12.5. The van der Waals surface area contributed by atoms with E-state index < -0.39 is 53.2 Å². The summed E-state index contributed by atoms with van der Waals surface area (Å²) < 4.78 is 111. The quantitative estimate of drug-likeness (QED) is 0.458. The second-order valence-corrected chi connectivity index (χ2v) is 4.32. The highest BCUT2D eigenvalue weighted by Gasteiger charge is 2.41. The van der Waals surface area contributed by atoms with Gasteiger partial charge in [-0.1, -0.05) is 0 Å². The van der Waals surface area contributed by atoms with Crippen molar-refractivity contribution in [1.82, 2.24) is 0 Å². The molecule has 1 aromatic rings. The Kier molecular flexibility index (Phi) is 4.83. The molecular weight excluding hydrogens is 347 g/mol. The fraction of sp³-hybridized carbons (Fsp3) is 0.333. The van der Waals surface area contributed by atoms with Gasteiger partial charge in [-0.3, -0.25) is 9.59 Å². The molecule has 0 heterocycles. The van der Waals surface area contributed by atoms with Crippen LogP contribution in [-0.4, -0.2) is 17.7 Å². The van der Waals surface area contributed by atoms with Gasteiger partial charge in [0.25, 0.3) is 0 Å². The van der Waals surface area contributed by atoms with E-state index in [0.29, 0.717) is 0 Å². The summed E-state index contributed by atoms with van der Waals surface area (Å²) >= 11 is 0. The van der Waals surface area contributed by atoms with Crippen molar-refractivity contribution in [3.05, 3.63) is 34.9 Å². The number of rotatable bonds is 3. The van der Waals surface area contributed by atoms with Gasteiger partial charge in [-0.05, 0) is 18.2 Å². The van der Waals surface area contributed by atoms with Crippen LogP contribution < -0.4 is 0 Å². The lowest BCUT2D eigenvalue weighted by Gasteiger charge is -2.13. The highest BCUT2D eigenvalue weighted by atomic mass is 19.4. The first-order valence-electron chi connectivity index (χ1n) is 5.55. The third-order valence-electron chi connectivity index (χ3n) is 2.55. The molecule has 0 saturated carbocycles. The van der Waals surface area contributed by atoms with Crippen molar-refractivity contribution in [2.24, 2.45) is 0 Å². The topological polar surface area (TPSA) is 34.1 Å². The number of ketones is 2. The molecule has 128 valence electrons. The van der Waals surface area contributed by atoms with Gasteiger partial charge >= 0.3 is 18.5 Å². The van der Waals surface area contributed by atoms with E-state index in [1.807, 2.05) is 0 Å². The fourth-order valence-electron chi connectivity index (χ4n) is 1.46. The van der Waals surface area contributed by atoms with Crippen molar-refractivity contribution < 1.29 is 49.1 Å². The summed E-state index contributed by atoms with van der Waals surface area (Å²) in [5, 5.41) is 0. The number of alkyl halides is 9. The first-order valence-corrected chi connectivity index (χ1v) is 5.55. The Labute approximate surface area is 121 Å². The number of carbonyl (C=O) groups excluding carboxylic acids is 2. The second kappa shape index (κ2) is 5.85. The number of halogens is 9. The predicted molar refractivity (Wildman–Crippen MR) is 56.5 cm³/mol. The van der Waals surface area contributed by atoms with Gasteiger partial charge in [-0.25, -0.2) is 0 Å². The first-order chi connectivity index (χ1) is 10.1. The lowest BCUT2D eigenvalue weighted by molar-refractivity contribution is -0.170. The Balaban J connectivity index is 3.30. The van der Waals surface area contributed by atoms with Crippen molar-refractivity contribution in [2.75, 3.05) is 0 Å². The smallest absolute Gasteiger partial charge is 0.294 e. The molecule has 0 amide bonds. The molecule has 0 unspecified atom stereocenters. The van der Waals surface area contributed by atoms with E-state index in [1.165, 1.54) is 0 Å². The standard InChI is InChI=1S/C12H5F9O2/c13-10(14,15)6-1-5(2-7(3-6)11(16,17)18)8(22)4-9(23)12(19,20)21/h1-3H,4H2. The zero-order valence-electron chi connectivity index (χ0n) is 10.7. The average molecular weight is 352 g/mol. The van der Waals surface area contributed by atoms with Gasteiger partial charge in [0.2, 0.25) is 5.78 Å². The molecule has 2 nitrogen and oxygen atoms in total. The monoisotopic (exact) mass is 352 g/mol. The third kappa shape index (κ3) is 4.96. The zero-order valence-corrected chi connectivity index (χ0v) is 10.7. The van der Waals surface area contributed by atoms with Gasteiger partial charge in [0.15, 0.2) is 5.78 Å². The van der Waals surface area contributed by atoms with Gasteiger partial charge in [0.1, 0.15) is 0 Å². The van der Waals surface area contributed by atoms with Crippen LogP contribution in [0.1, 0.15) is 27.9 Å². The summed E-state index contributed by atoms with van der Waals surface area (Å²) in [5.41, 5.74) is -5.02. The number of carbonyl (C=O) groups is 2. The molecule has 0 atom stereocenters. The summed E-state index contributed by atoms with van der Waals surface area (Å²) in [4.78, 5) is 22.0. The second-order valence-electron chi connectivity index (χ2n) is 4.32. The largest absolute Gasteiger partial charge is 0.450 e. The zero-order chi connectivity index (χ0) is 18.2. The molecule has 0 aliphatic rings. The van der Waals surface area contributed by atoms with Crippen LogP contribution in [0.2, 0.25) is 0 Å². The van der Waals surface area contributed by atoms with E-state index in [4.69, 9.17) is 0 Å². The molecule has 0 N–H and O–H groups in total. The third-order valence-corrected chi connectivity index (χ3v) is 2.55. The van der Waals surface area contributed by atoms with Crippen LogP contribution in [0.15, 0.2) is 18.2 Å². The molecule has 0 aliphatic carbocycles. The Morgan fingerprint density at radius 3 is 1.43 bits per heavy atom. The molecule has 0 saturated heterocycles. The Morgan fingerprint density at radius 1 is 0.739 bits per heavy atom. The molecule has 0 fully saturated rings. The van der Waals surface area contributed by atoms with E-state index in [1.54, 1.807) is 0 Å². The van der Waals surface area contributed by atoms with Crippen LogP contribution in [0, 0.1) is 0 Å². The van der Waals surface area contributed by atoms with Crippen molar-refractivity contribution in [2.45, 2.75) is 24.9 Å². The van der Waals surface area contributed by atoms with Crippen molar-refractivity contribution in [1.29, 1.82) is 0 Å². The van der Waals surface area contributed by atoms with Gasteiger partial charge in [-0.15, -0.1) is 0 Å². The van der Waals surface area contributed by atoms with E-state index in [2.05, 4.69) is 0 Å². The normalized spacial score (nSPS) is 13.1. The van der Waals surface area contributed by atoms with E-state index in [0.717, 1.165) is 0 Å². The molecule has 1 aromatic carbocycles. The molecule has 23 heavy (non-hydrogen) atoms. The minimum Gasteiger partial charge on any atom is -0.294 e. The first kappa shape index (κ1) is 19.0. The average Bonchev–Trinajstić information content (AvgIpc) is 2.34. The summed E-state index contributed by atoms with van der Waals surface area (Å²) in [6, 6.07) is -0.370. The van der Waals surface area contributed by atoms with Crippen LogP contribution in [0.5, 0.6) is 0 Å². The minimum atomic E-state index is -5.43. The number of hydrogen-bond acceptors (Lipinski definition) is 2. The molecule has 0 bridgehead atoms. The van der Waals surface area contributed by atoms with E-state index in [9.17, 15) is 49.1 Å². The molecule has 0 spiro atoms. The van der Waals surface area contributed by atoms with Crippen LogP contribution in [0.4, 0.5) is 39.5 Å². The van der Waals surface area contributed by atoms with E-state index >= 15 is 0 Å². The van der Waals surface area contributed by atoms with Crippen molar-refractivity contribution in [3.8, 4) is 0 Å². The predicted octanol–water partition coefficient (Wildman–Crippen LogP) is 4.43. The Bertz CT molecular complexity index is 591. The minimum absolute atomic E-state index is 0.0404. The summed E-state index contributed by atoms with van der Waals surface area (Å²) in [5.74, 6) is -4.38. The van der Waals surface area contributed by atoms with Gasteiger partial charge in [0.05, 0.1) is 17.5 Å². The summed E-state index contributed by atoms with van der Waals surface area (Å²) in [6.45, 7) is 0. The van der Waals surface area contributed by atoms with Gasteiger partial charge in [-0.2, -0.15) is 39.5 Å². The highest BCUT2D eigenvalue weighted by molar-refractivity contribution is 6.09. The maximum Gasteiger partial charge on any atom is 0.450 e. The molecule has 0 radical (unpaired) electrons. The molecule has 11 heteroatoms. The summed E-state index contributed by atoms with van der Waals surface area (Å²) in [7, 11) is 0. The van der Waals surface area contributed by atoms with Crippen molar-refractivity contribution in [3.63, 3.8) is 0 Å². The number of benzene rings is 1. The number of Topliss-reactive ketones (excluding diaryl/α,β-unsaturated/α-hetero) is 2. The summed E-state index contributed by atoms with van der Waals surface area (Å²) in [6.07, 6.45) is -17.8. The molecule has 1 rings (SSSR count). The van der Waals surface area contributed by atoms with Crippen LogP contribution in [-0.2, 0) is 17.1 Å². The lowest BCUT2D eigenvalue weighted by Crippen LogP contribution is -2.25.